The Morgan fingerprint density at radius 2 is 2.11 bits per heavy atom. The van der Waals surface area contributed by atoms with Crippen molar-refractivity contribution in [2.75, 3.05) is 7.05 Å². The van der Waals surface area contributed by atoms with Gasteiger partial charge in [-0.2, -0.15) is 0 Å². The van der Waals surface area contributed by atoms with Gasteiger partial charge in [-0.25, -0.2) is 10.2 Å². The molecule has 0 atom stereocenters. The summed E-state index contributed by atoms with van der Waals surface area (Å²) in [6.07, 6.45) is 0. The van der Waals surface area contributed by atoms with Crippen molar-refractivity contribution in [3.05, 3.63) is 0 Å². The van der Waals surface area contributed by atoms with Crippen LogP contribution in [0.15, 0.2) is 0 Å². The smallest absolute Gasteiger partial charge is 0.331 e. The highest BCUT2D eigenvalue weighted by atomic mass is 32.1. The van der Waals surface area contributed by atoms with Crippen molar-refractivity contribution < 1.29 is 4.79 Å². The summed E-state index contributed by atoms with van der Waals surface area (Å²) in [6, 6.07) is -0.690. The molecule has 0 spiro atoms. The van der Waals surface area contributed by atoms with E-state index in [-0.39, 0.29) is 5.11 Å². The summed E-state index contributed by atoms with van der Waals surface area (Å²) in [6.45, 7) is 0. The monoisotopic (exact) mass is 148 g/mol. The molecule has 0 rings (SSSR count). The molecule has 0 fully saturated rings. The second-order valence-electron chi connectivity index (χ2n) is 1.37. The molecule has 0 saturated carbocycles. The summed E-state index contributed by atoms with van der Waals surface area (Å²) in [5.41, 5.74) is 11.9. The molecule has 0 aromatic carbocycles. The van der Waals surface area contributed by atoms with Gasteiger partial charge in [-0.1, -0.05) is 0 Å². The van der Waals surface area contributed by atoms with Crippen molar-refractivity contribution in [2.24, 2.45) is 11.5 Å². The average Bonchev–Trinajstić information content (AvgIpc) is 1.63. The maximum Gasteiger partial charge on any atom is 0.331 e. The standard InChI is InChI=1S/C3H8N4OS/c1-7(3(5)9)6-2(4)8/h1H3,(H2,5,9)(H3,4,6,8). The Labute approximate surface area is 57.9 Å². The molecule has 9 heavy (non-hydrogen) atoms. The van der Waals surface area contributed by atoms with Gasteiger partial charge in [0.05, 0.1) is 0 Å². The Bertz CT molecular complexity index is 136. The van der Waals surface area contributed by atoms with Gasteiger partial charge in [-0.15, -0.1) is 0 Å². The van der Waals surface area contributed by atoms with E-state index in [1.54, 1.807) is 0 Å². The molecule has 5 N–H and O–H groups in total. The van der Waals surface area contributed by atoms with Crippen LogP contribution in [-0.2, 0) is 0 Å². The van der Waals surface area contributed by atoms with Crippen molar-refractivity contribution >= 4 is 23.4 Å². The third-order valence-electron chi connectivity index (χ3n) is 0.608. The van der Waals surface area contributed by atoms with Crippen LogP contribution >= 0.6 is 12.2 Å². The fraction of sp³-hybridized carbons (Fsp3) is 0.333. The van der Waals surface area contributed by atoms with Crippen molar-refractivity contribution in [1.29, 1.82) is 0 Å². The second-order valence-corrected chi connectivity index (χ2v) is 1.79. The molecule has 0 aliphatic heterocycles. The molecule has 0 bridgehead atoms. The second kappa shape index (κ2) is 3.08. The number of carbonyl (C=O) groups excluding carboxylic acids is 1. The minimum Gasteiger partial charge on any atom is -0.375 e. The van der Waals surface area contributed by atoms with Gasteiger partial charge in [0.1, 0.15) is 0 Å². The van der Waals surface area contributed by atoms with Crippen LogP contribution < -0.4 is 16.9 Å². The lowest BCUT2D eigenvalue weighted by atomic mass is 11.0. The van der Waals surface area contributed by atoms with Gasteiger partial charge in [0.2, 0.25) is 0 Å². The molecule has 2 amide bonds. The number of amides is 2. The zero-order valence-corrected chi connectivity index (χ0v) is 5.73. The SMILES string of the molecule is CN(NC(N)=O)C(N)=S. The molecule has 0 aromatic heterocycles. The highest BCUT2D eigenvalue weighted by molar-refractivity contribution is 7.80. The topological polar surface area (TPSA) is 84.4 Å². The zero-order valence-electron chi connectivity index (χ0n) is 4.92. The van der Waals surface area contributed by atoms with E-state index in [9.17, 15) is 4.79 Å². The van der Waals surface area contributed by atoms with Crippen LogP contribution in [0.5, 0.6) is 0 Å². The molecule has 0 heterocycles. The van der Waals surface area contributed by atoms with Gasteiger partial charge in [-0.05, 0) is 12.2 Å². The lowest BCUT2D eigenvalue weighted by Gasteiger charge is -2.15. The maximum atomic E-state index is 10.1. The van der Waals surface area contributed by atoms with Gasteiger partial charge in [0.15, 0.2) is 5.11 Å². The zero-order chi connectivity index (χ0) is 7.44. The van der Waals surface area contributed by atoms with Crippen LogP contribution in [0.2, 0.25) is 0 Å². The summed E-state index contributed by atoms with van der Waals surface area (Å²) >= 11 is 4.47. The summed E-state index contributed by atoms with van der Waals surface area (Å²) in [5, 5.41) is 1.21. The number of hydrogen-bond acceptors (Lipinski definition) is 2. The van der Waals surface area contributed by atoms with Gasteiger partial charge < -0.3 is 11.5 Å². The van der Waals surface area contributed by atoms with Crippen molar-refractivity contribution in [2.45, 2.75) is 0 Å². The minimum absolute atomic E-state index is 0.0637. The first kappa shape index (κ1) is 7.96. The summed E-state index contributed by atoms with van der Waals surface area (Å²) in [4.78, 5) is 10.1. The van der Waals surface area contributed by atoms with E-state index < -0.39 is 6.03 Å². The van der Waals surface area contributed by atoms with Crippen molar-refractivity contribution in [3.63, 3.8) is 0 Å². The number of hydrazine groups is 1. The molecule has 0 aromatic rings. The Kier molecular flexibility index (Phi) is 2.72. The molecular weight excluding hydrogens is 140 g/mol. The summed E-state index contributed by atoms with van der Waals surface area (Å²) < 4.78 is 0. The first-order chi connectivity index (χ1) is 4.04. The average molecular weight is 148 g/mol. The van der Waals surface area contributed by atoms with Gasteiger partial charge in [0.25, 0.3) is 0 Å². The summed E-state index contributed by atoms with van der Waals surface area (Å²) in [7, 11) is 1.49. The van der Waals surface area contributed by atoms with Crippen LogP contribution in [0.1, 0.15) is 0 Å². The third-order valence-corrected chi connectivity index (χ3v) is 0.882. The highest BCUT2D eigenvalue weighted by Gasteiger charge is 1.98. The van der Waals surface area contributed by atoms with E-state index in [1.165, 1.54) is 7.05 Å². The highest BCUT2D eigenvalue weighted by Crippen LogP contribution is 1.71. The van der Waals surface area contributed by atoms with E-state index in [2.05, 4.69) is 17.6 Å². The number of urea groups is 1. The Morgan fingerprint density at radius 3 is 2.22 bits per heavy atom. The largest absolute Gasteiger partial charge is 0.375 e. The van der Waals surface area contributed by atoms with E-state index in [4.69, 9.17) is 11.5 Å². The van der Waals surface area contributed by atoms with E-state index in [1.807, 2.05) is 0 Å². The minimum atomic E-state index is -0.690. The normalized spacial score (nSPS) is 8.11. The summed E-state index contributed by atoms with van der Waals surface area (Å²) in [5.74, 6) is 0. The Morgan fingerprint density at radius 1 is 1.67 bits per heavy atom. The number of hydrogen-bond donors (Lipinski definition) is 3. The molecule has 52 valence electrons. The number of nitrogens with two attached hydrogens (primary N) is 2. The molecule has 0 aliphatic rings. The van der Waals surface area contributed by atoms with E-state index in [0.29, 0.717) is 0 Å². The van der Waals surface area contributed by atoms with Gasteiger partial charge >= 0.3 is 6.03 Å². The van der Waals surface area contributed by atoms with Gasteiger partial charge in [0, 0.05) is 7.05 Å². The van der Waals surface area contributed by atoms with Crippen LogP contribution in [-0.4, -0.2) is 23.2 Å². The number of rotatable bonds is 0. The lowest BCUT2D eigenvalue weighted by molar-refractivity contribution is 0.233. The third kappa shape index (κ3) is 3.53. The van der Waals surface area contributed by atoms with Crippen molar-refractivity contribution in [3.8, 4) is 0 Å². The van der Waals surface area contributed by atoms with Crippen LogP contribution in [0.25, 0.3) is 0 Å². The fourth-order valence-corrected chi connectivity index (χ4v) is 0.266. The van der Waals surface area contributed by atoms with E-state index >= 15 is 0 Å². The molecule has 0 unspecified atom stereocenters. The number of thiocarbonyl (C=S) groups is 1. The Balaban J connectivity index is 3.63. The number of carbonyl (C=O) groups is 1. The number of nitrogens with zero attached hydrogens (tertiary/aromatic N) is 1. The Hall–Kier alpha value is -1.04. The van der Waals surface area contributed by atoms with E-state index in [0.717, 1.165) is 5.01 Å². The van der Waals surface area contributed by atoms with Crippen LogP contribution in [0, 0.1) is 0 Å². The number of nitrogens with one attached hydrogen (secondary N) is 1. The molecule has 5 nitrogen and oxygen atoms in total. The molecule has 0 aliphatic carbocycles. The quantitative estimate of drug-likeness (QED) is 0.296. The maximum absolute atomic E-state index is 10.1. The molecular formula is C3H8N4OS. The predicted octanol–water partition coefficient (Wildman–Crippen LogP) is -1.25. The lowest BCUT2D eigenvalue weighted by Crippen LogP contribution is -2.48. The first-order valence-corrected chi connectivity index (χ1v) is 2.54. The van der Waals surface area contributed by atoms with Crippen LogP contribution in [0.3, 0.4) is 0 Å². The van der Waals surface area contributed by atoms with Gasteiger partial charge in [-0.3, -0.25) is 5.01 Å². The number of primary amides is 1. The first-order valence-electron chi connectivity index (χ1n) is 2.13. The van der Waals surface area contributed by atoms with Crippen LogP contribution in [0.4, 0.5) is 4.79 Å². The van der Waals surface area contributed by atoms with Crippen molar-refractivity contribution in [1.82, 2.24) is 10.4 Å². The molecule has 0 saturated heterocycles. The predicted molar refractivity (Wildman–Crippen MR) is 37.3 cm³/mol. The fourth-order valence-electron chi connectivity index (χ4n) is 0.220. The molecule has 0 radical (unpaired) electrons. The molecule has 6 heteroatoms.